The molecule has 5 rings (SSSR count). The Labute approximate surface area is 250 Å². The number of hydrogen-bond donors (Lipinski definition) is 4. The lowest BCUT2D eigenvalue weighted by molar-refractivity contribution is -0.174. The largest absolute Gasteiger partial charge is 0.393 e. The van der Waals surface area contributed by atoms with Crippen molar-refractivity contribution >= 4 is 23.8 Å². The molecule has 1 aliphatic carbocycles. The van der Waals surface area contributed by atoms with Crippen molar-refractivity contribution in [2.24, 2.45) is 5.92 Å². The summed E-state index contributed by atoms with van der Waals surface area (Å²) in [6.07, 6.45) is 2.94. The number of halogens is 4. The summed E-state index contributed by atoms with van der Waals surface area (Å²) in [5, 5.41) is 27.7. The lowest BCUT2D eigenvalue weighted by atomic mass is 9.81. The standard InChI is InChI=1S/C28H36F4N8O4/c1-34-18(5-10-33)24(42)38-23(16-2-7-27(29,30)8-3-16)20-14-40-26(37-20)36-19(13-35-40)21-12-17(41)6-11-39(21)25(43)22-4-9-28(31,32)15-44-22/h5,10,13-14,16-17,21-23,33-34,41H,2-4,6-9,11-12,15H2,1H3,(H,38,42)/b18-5-,33-10?. The van der Waals surface area contributed by atoms with Gasteiger partial charge in [0.15, 0.2) is 0 Å². The number of imidazole rings is 1. The smallest absolute Gasteiger partial charge is 0.271 e. The first-order valence-electron chi connectivity index (χ1n) is 14.7. The number of aromatic nitrogens is 4. The van der Waals surface area contributed by atoms with Crippen molar-refractivity contribution in [2.45, 2.75) is 87.5 Å². The molecule has 4 heterocycles. The third-order valence-electron chi connectivity index (χ3n) is 8.58. The third kappa shape index (κ3) is 7.01. The molecule has 0 aromatic carbocycles. The van der Waals surface area contributed by atoms with Gasteiger partial charge in [0.2, 0.25) is 5.92 Å². The molecular formula is C28H36F4N8O4. The van der Waals surface area contributed by atoms with Crippen molar-refractivity contribution in [3.8, 4) is 0 Å². The number of likely N-dealkylation sites (N-methyl/N-ethyl adjacent to an activating group) is 1. The molecule has 3 fully saturated rings. The number of aliphatic hydroxyl groups is 1. The molecule has 3 aliphatic rings. The van der Waals surface area contributed by atoms with E-state index < -0.39 is 61.0 Å². The molecule has 12 nitrogen and oxygen atoms in total. The van der Waals surface area contributed by atoms with E-state index >= 15 is 0 Å². The molecule has 2 aromatic heterocycles. The summed E-state index contributed by atoms with van der Waals surface area (Å²) in [5.74, 6) is -6.99. The van der Waals surface area contributed by atoms with Gasteiger partial charge in [-0.2, -0.15) is 5.10 Å². The summed E-state index contributed by atoms with van der Waals surface area (Å²) in [7, 11) is 1.53. The van der Waals surface area contributed by atoms with Crippen molar-refractivity contribution in [3.63, 3.8) is 0 Å². The van der Waals surface area contributed by atoms with Crippen molar-refractivity contribution in [3.05, 3.63) is 35.6 Å². The number of carbonyl (C=O) groups is 2. The molecule has 4 atom stereocenters. The minimum Gasteiger partial charge on any atom is -0.393 e. The first kappa shape index (κ1) is 31.8. The molecule has 2 amide bonds. The van der Waals surface area contributed by atoms with Gasteiger partial charge in [-0.25, -0.2) is 32.0 Å². The monoisotopic (exact) mass is 624 g/mol. The molecule has 1 saturated carbocycles. The Morgan fingerprint density at radius 1 is 1.14 bits per heavy atom. The molecule has 0 radical (unpaired) electrons. The maximum Gasteiger partial charge on any atom is 0.271 e. The third-order valence-corrected chi connectivity index (χ3v) is 8.58. The second kappa shape index (κ2) is 12.8. The van der Waals surface area contributed by atoms with E-state index in [9.17, 15) is 32.3 Å². The van der Waals surface area contributed by atoms with E-state index in [-0.39, 0.29) is 62.5 Å². The summed E-state index contributed by atoms with van der Waals surface area (Å²) < 4.78 is 61.8. The normalized spacial score (nSPS) is 26.6. The van der Waals surface area contributed by atoms with Crippen LogP contribution in [-0.2, 0) is 14.3 Å². The van der Waals surface area contributed by atoms with E-state index in [1.807, 2.05) is 0 Å². The topological polar surface area (TPSA) is 158 Å². The van der Waals surface area contributed by atoms with Crippen LogP contribution in [0.25, 0.3) is 5.78 Å². The molecule has 2 saturated heterocycles. The molecule has 44 heavy (non-hydrogen) atoms. The number of alkyl halides is 4. The van der Waals surface area contributed by atoms with Gasteiger partial charge >= 0.3 is 0 Å². The highest BCUT2D eigenvalue weighted by molar-refractivity contribution is 5.96. The van der Waals surface area contributed by atoms with Gasteiger partial charge in [-0.15, -0.1) is 0 Å². The zero-order valence-corrected chi connectivity index (χ0v) is 24.2. The maximum atomic E-state index is 14.0. The Hall–Kier alpha value is -3.66. The molecule has 16 heteroatoms. The number of nitrogens with one attached hydrogen (secondary N) is 3. The van der Waals surface area contributed by atoms with Crippen LogP contribution < -0.4 is 10.6 Å². The average molecular weight is 625 g/mol. The SMILES string of the molecule is CN/C(=C\C=N)C(=O)NC(c1cn2ncc(C3CC(O)CCN3C(=O)C3CCC(F)(F)CO3)nc2n1)C1CCC(F)(F)CC1. The molecule has 0 spiro atoms. The number of hydrogen-bond acceptors (Lipinski definition) is 9. The Bertz CT molecular complexity index is 1400. The van der Waals surface area contributed by atoms with Gasteiger partial charge in [0.25, 0.3) is 23.5 Å². The molecule has 0 bridgehead atoms. The number of nitrogens with zero attached hydrogens (tertiary/aromatic N) is 5. The van der Waals surface area contributed by atoms with Crippen LogP contribution in [0.3, 0.4) is 0 Å². The predicted molar refractivity (Wildman–Crippen MR) is 148 cm³/mol. The van der Waals surface area contributed by atoms with Gasteiger partial charge in [-0.1, -0.05) is 0 Å². The second-order valence-electron chi connectivity index (χ2n) is 11.7. The molecule has 4 N–H and O–H groups in total. The van der Waals surface area contributed by atoms with Gasteiger partial charge in [0.05, 0.1) is 42.0 Å². The zero-order chi connectivity index (χ0) is 31.6. The quantitative estimate of drug-likeness (QED) is 0.198. The highest BCUT2D eigenvalue weighted by Crippen LogP contribution is 2.41. The number of likely N-dealkylation sites (tertiary alicyclic amines) is 1. The number of rotatable bonds is 8. The van der Waals surface area contributed by atoms with E-state index in [1.165, 1.54) is 28.7 Å². The van der Waals surface area contributed by atoms with Crippen LogP contribution in [0.1, 0.15) is 74.8 Å². The summed E-state index contributed by atoms with van der Waals surface area (Å²) in [4.78, 5) is 37.0. The van der Waals surface area contributed by atoms with Crippen LogP contribution in [0, 0.1) is 11.3 Å². The second-order valence-corrected chi connectivity index (χ2v) is 11.7. The van der Waals surface area contributed by atoms with Gasteiger partial charge in [-0.3, -0.25) is 9.59 Å². The van der Waals surface area contributed by atoms with Gasteiger partial charge in [0.1, 0.15) is 18.4 Å². The summed E-state index contributed by atoms with van der Waals surface area (Å²) in [6.45, 7) is -0.665. The molecule has 2 aromatic rings. The van der Waals surface area contributed by atoms with Gasteiger partial charge < -0.3 is 30.8 Å². The number of piperidine rings is 1. The number of aliphatic hydroxyl groups excluding tert-OH is 1. The predicted octanol–water partition coefficient (Wildman–Crippen LogP) is 2.70. The first-order chi connectivity index (χ1) is 20.9. The van der Waals surface area contributed by atoms with Crippen LogP contribution in [0.2, 0.25) is 0 Å². The van der Waals surface area contributed by atoms with Crippen LogP contribution >= 0.6 is 0 Å². The Kier molecular flexibility index (Phi) is 9.20. The van der Waals surface area contributed by atoms with Crippen molar-refractivity contribution in [1.29, 1.82) is 5.41 Å². The van der Waals surface area contributed by atoms with Gasteiger partial charge in [-0.05, 0) is 44.1 Å². The molecule has 4 unspecified atom stereocenters. The maximum absolute atomic E-state index is 14.0. The zero-order valence-electron chi connectivity index (χ0n) is 24.2. The van der Waals surface area contributed by atoms with Crippen molar-refractivity contribution < 1.29 is 37.0 Å². The minimum absolute atomic E-state index is 0.111. The van der Waals surface area contributed by atoms with Crippen molar-refractivity contribution in [2.75, 3.05) is 20.2 Å². The highest BCUT2D eigenvalue weighted by Gasteiger charge is 2.43. The minimum atomic E-state index is -2.98. The summed E-state index contributed by atoms with van der Waals surface area (Å²) in [5.41, 5.74) is 0.788. The fraction of sp³-hybridized carbons (Fsp3) is 0.643. The number of fused-ring (bicyclic) bond motifs is 1. The molecule has 240 valence electrons. The van der Waals surface area contributed by atoms with Crippen LogP contribution in [0.4, 0.5) is 17.6 Å². The van der Waals surface area contributed by atoms with Crippen LogP contribution in [0.15, 0.2) is 24.2 Å². The summed E-state index contributed by atoms with van der Waals surface area (Å²) >= 11 is 0. The lowest BCUT2D eigenvalue weighted by Crippen LogP contribution is -2.50. The van der Waals surface area contributed by atoms with Crippen molar-refractivity contribution in [1.82, 2.24) is 35.1 Å². The van der Waals surface area contributed by atoms with Gasteiger partial charge in [0, 0.05) is 39.1 Å². The number of amides is 2. The lowest BCUT2D eigenvalue weighted by Gasteiger charge is -2.40. The molecular weight excluding hydrogens is 588 g/mol. The van der Waals surface area contributed by atoms with Crippen LogP contribution in [-0.4, -0.2) is 91.9 Å². The van der Waals surface area contributed by atoms with E-state index in [2.05, 4.69) is 25.7 Å². The van der Waals surface area contributed by atoms with E-state index in [0.29, 0.717) is 17.8 Å². The Balaban J connectivity index is 1.42. The number of ether oxygens (including phenoxy) is 1. The summed E-state index contributed by atoms with van der Waals surface area (Å²) in [6, 6.07) is -1.47. The number of carbonyl (C=O) groups excluding carboxylic acids is 2. The van der Waals surface area contributed by atoms with Crippen LogP contribution in [0.5, 0.6) is 0 Å². The molecule has 2 aliphatic heterocycles. The fourth-order valence-corrected chi connectivity index (χ4v) is 6.11. The van der Waals surface area contributed by atoms with E-state index in [0.717, 1.165) is 6.21 Å². The first-order valence-corrected chi connectivity index (χ1v) is 14.7. The average Bonchev–Trinajstić information content (AvgIpc) is 3.41. The van der Waals surface area contributed by atoms with E-state index in [1.54, 1.807) is 6.20 Å². The number of allylic oxidation sites excluding steroid dienone is 1. The highest BCUT2D eigenvalue weighted by atomic mass is 19.3. The Morgan fingerprint density at radius 2 is 1.86 bits per heavy atom. The fourth-order valence-electron chi connectivity index (χ4n) is 6.11. The van der Waals surface area contributed by atoms with E-state index in [4.69, 9.17) is 10.1 Å². The Morgan fingerprint density at radius 3 is 2.52 bits per heavy atom.